The molecule has 1 N–H and O–H groups in total. The molecule has 228 valence electrons. The molecule has 3 fully saturated rings. The molecule has 1 spiro atoms. The molecule has 3 amide bonds. The van der Waals surface area contributed by atoms with Crippen LogP contribution in [0.5, 0.6) is 0 Å². The second-order valence-electron chi connectivity index (χ2n) is 12.0. The molecule has 0 saturated carbocycles. The van der Waals surface area contributed by atoms with E-state index in [4.69, 9.17) is 0 Å². The predicted octanol–water partition coefficient (Wildman–Crippen LogP) is 4.92. The van der Waals surface area contributed by atoms with Crippen LogP contribution >= 0.6 is 11.8 Å². The number of nitrogens with zero attached hydrogens (tertiary/aromatic N) is 3. The van der Waals surface area contributed by atoms with E-state index >= 15 is 0 Å². The van der Waals surface area contributed by atoms with E-state index < -0.39 is 28.7 Å². The molecule has 7 atom stereocenters. The van der Waals surface area contributed by atoms with E-state index in [2.05, 4.69) is 13.2 Å². The minimum Gasteiger partial charge on any atom is -0.394 e. The molecule has 0 aromatic heterocycles. The second-order valence-corrected chi connectivity index (χ2v) is 13.6. The number of thioether (sulfide) groups is 1. The van der Waals surface area contributed by atoms with Crippen LogP contribution in [-0.4, -0.2) is 74.4 Å². The minimum atomic E-state index is -0.780. The molecule has 3 aliphatic rings. The Morgan fingerprint density at radius 3 is 2.33 bits per heavy atom. The Bertz CT molecular complexity index is 1340. The SMILES string of the molecule is C=CCN(Cc1ccccc1)C(=O)C1N([C@@H](CO)[C@@H](C)CC)C(=O)[C@@H]2[C@H](C(=O)N(CC=C)c3ccccc3)[C@@H]3CCC12S3. The molecule has 8 heteroatoms. The van der Waals surface area contributed by atoms with Gasteiger partial charge in [-0.05, 0) is 36.5 Å². The third-order valence-corrected chi connectivity index (χ3v) is 11.6. The molecule has 2 aromatic rings. The molecule has 2 unspecified atom stereocenters. The van der Waals surface area contributed by atoms with Crippen LogP contribution < -0.4 is 4.90 Å². The number of aliphatic hydroxyl groups is 1. The lowest BCUT2D eigenvalue weighted by Crippen LogP contribution is -2.58. The summed E-state index contributed by atoms with van der Waals surface area (Å²) < 4.78 is -0.743. The molecule has 5 rings (SSSR count). The molecule has 43 heavy (non-hydrogen) atoms. The van der Waals surface area contributed by atoms with Crippen molar-refractivity contribution in [1.82, 2.24) is 9.80 Å². The van der Waals surface area contributed by atoms with Crippen LogP contribution in [0.3, 0.4) is 0 Å². The number of carbonyl (C=O) groups excluding carboxylic acids is 3. The maximum absolute atomic E-state index is 14.8. The minimum absolute atomic E-state index is 0.0283. The molecule has 2 aromatic carbocycles. The predicted molar refractivity (Wildman–Crippen MR) is 172 cm³/mol. The van der Waals surface area contributed by atoms with Crippen LogP contribution in [0.2, 0.25) is 0 Å². The van der Waals surface area contributed by atoms with Gasteiger partial charge in [0.1, 0.15) is 6.04 Å². The number of para-hydroxylation sites is 1. The van der Waals surface area contributed by atoms with Crippen LogP contribution in [0.4, 0.5) is 5.69 Å². The van der Waals surface area contributed by atoms with Crippen molar-refractivity contribution in [3.8, 4) is 0 Å². The summed E-state index contributed by atoms with van der Waals surface area (Å²) in [7, 11) is 0. The highest BCUT2D eigenvalue weighted by molar-refractivity contribution is 8.02. The van der Waals surface area contributed by atoms with Crippen LogP contribution in [0, 0.1) is 17.8 Å². The molecule has 3 aliphatic heterocycles. The van der Waals surface area contributed by atoms with Gasteiger partial charge in [-0.15, -0.1) is 24.9 Å². The van der Waals surface area contributed by atoms with E-state index in [9.17, 15) is 19.5 Å². The molecular weight excluding hydrogens is 558 g/mol. The van der Waals surface area contributed by atoms with E-state index in [-0.39, 0.29) is 35.5 Å². The van der Waals surface area contributed by atoms with Gasteiger partial charge in [0.2, 0.25) is 17.7 Å². The number of fused-ring (bicyclic) bond motifs is 1. The van der Waals surface area contributed by atoms with E-state index in [1.165, 1.54) is 0 Å². The highest BCUT2D eigenvalue weighted by Crippen LogP contribution is 2.67. The Kier molecular flexibility index (Phi) is 9.47. The number of rotatable bonds is 13. The maximum Gasteiger partial charge on any atom is 0.247 e. The van der Waals surface area contributed by atoms with Gasteiger partial charge in [0.25, 0.3) is 0 Å². The van der Waals surface area contributed by atoms with Gasteiger partial charge in [0, 0.05) is 30.6 Å². The highest BCUT2D eigenvalue weighted by Gasteiger charge is 2.74. The zero-order valence-electron chi connectivity index (χ0n) is 25.2. The van der Waals surface area contributed by atoms with Gasteiger partial charge in [-0.3, -0.25) is 14.4 Å². The molecule has 0 radical (unpaired) electrons. The molecule has 3 saturated heterocycles. The second kappa shape index (κ2) is 13.1. The van der Waals surface area contributed by atoms with Crippen molar-refractivity contribution in [2.24, 2.45) is 17.8 Å². The van der Waals surface area contributed by atoms with Crippen molar-refractivity contribution in [2.45, 2.75) is 61.7 Å². The number of likely N-dealkylation sites (tertiary alicyclic amines) is 1. The Morgan fingerprint density at radius 1 is 1.07 bits per heavy atom. The van der Waals surface area contributed by atoms with Gasteiger partial charge in [-0.2, -0.15) is 0 Å². The Balaban J connectivity index is 1.58. The molecule has 3 heterocycles. The van der Waals surface area contributed by atoms with Crippen LogP contribution in [0.1, 0.15) is 38.7 Å². The third kappa shape index (κ3) is 5.44. The fourth-order valence-corrected chi connectivity index (χ4v) is 9.62. The number of benzene rings is 2. The average Bonchev–Trinajstić information content (AvgIpc) is 3.68. The lowest BCUT2D eigenvalue weighted by atomic mass is 9.70. The molecule has 2 bridgehead atoms. The van der Waals surface area contributed by atoms with Crippen LogP contribution in [0.25, 0.3) is 0 Å². The number of aliphatic hydroxyl groups excluding tert-OH is 1. The first-order valence-electron chi connectivity index (χ1n) is 15.3. The number of hydrogen-bond donors (Lipinski definition) is 1. The largest absolute Gasteiger partial charge is 0.394 e. The van der Waals surface area contributed by atoms with Crippen molar-refractivity contribution in [2.75, 3.05) is 24.6 Å². The summed E-state index contributed by atoms with van der Waals surface area (Å²) in [5.41, 5.74) is 1.75. The van der Waals surface area contributed by atoms with E-state index in [0.717, 1.165) is 24.1 Å². The van der Waals surface area contributed by atoms with Gasteiger partial charge < -0.3 is 19.8 Å². The number of anilines is 1. The lowest BCUT2D eigenvalue weighted by Gasteiger charge is -2.41. The fourth-order valence-electron chi connectivity index (χ4n) is 7.43. The topological polar surface area (TPSA) is 81.2 Å². The van der Waals surface area contributed by atoms with E-state index in [1.807, 2.05) is 74.5 Å². The average molecular weight is 602 g/mol. The first-order chi connectivity index (χ1) is 20.8. The zero-order valence-corrected chi connectivity index (χ0v) is 26.0. The summed E-state index contributed by atoms with van der Waals surface area (Å²) in [4.78, 5) is 49.1. The van der Waals surface area contributed by atoms with Gasteiger partial charge in [-0.1, -0.05) is 81.0 Å². The maximum atomic E-state index is 14.8. The summed E-state index contributed by atoms with van der Waals surface area (Å²) in [6, 6.07) is 18.0. The van der Waals surface area contributed by atoms with E-state index in [0.29, 0.717) is 26.1 Å². The molecular formula is C35H43N3O4S. The normalized spacial score (nSPS) is 27.0. The summed E-state index contributed by atoms with van der Waals surface area (Å²) >= 11 is 1.66. The summed E-state index contributed by atoms with van der Waals surface area (Å²) in [5.74, 6) is -1.67. The third-order valence-electron chi connectivity index (χ3n) is 9.63. The van der Waals surface area contributed by atoms with Crippen molar-refractivity contribution >= 4 is 35.2 Å². The van der Waals surface area contributed by atoms with Crippen molar-refractivity contribution < 1.29 is 19.5 Å². The lowest BCUT2D eigenvalue weighted by molar-refractivity contribution is -0.147. The molecule has 7 nitrogen and oxygen atoms in total. The Morgan fingerprint density at radius 2 is 1.72 bits per heavy atom. The molecule has 0 aliphatic carbocycles. The number of amides is 3. The van der Waals surface area contributed by atoms with Gasteiger partial charge in [0.15, 0.2) is 0 Å². The van der Waals surface area contributed by atoms with Gasteiger partial charge >= 0.3 is 0 Å². The number of hydrogen-bond acceptors (Lipinski definition) is 5. The van der Waals surface area contributed by atoms with Crippen molar-refractivity contribution in [1.29, 1.82) is 0 Å². The Labute approximate surface area is 259 Å². The zero-order chi connectivity index (χ0) is 30.7. The summed E-state index contributed by atoms with van der Waals surface area (Å²) in [6.45, 7) is 12.6. The first-order valence-corrected chi connectivity index (χ1v) is 16.2. The van der Waals surface area contributed by atoms with Crippen molar-refractivity contribution in [3.05, 3.63) is 91.5 Å². The van der Waals surface area contributed by atoms with Crippen molar-refractivity contribution in [3.63, 3.8) is 0 Å². The van der Waals surface area contributed by atoms with Crippen LogP contribution in [-0.2, 0) is 20.9 Å². The van der Waals surface area contributed by atoms with E-state index in [1.54, 1.807) is 38.6 Å². The first kappa shape index (κ1) is 31.1. The monoisotopic (exact) mass is 601 g/mol. The van der Waals surface area contributed by atoms with Gasteiger partial charge in [0.05, 0.1) is 29.2 Å². The van der Waals surface area contributed by atoms with Gasteiger partial charge in [-0.25, -0.2) is 0 Å². The fraction of sp³-hybridized carbons (Fsp3) is 0.457. The van der Waals surface area contributed by atoms with Crippen LogP contribution in [0.15, 0.2) is 86.0 Å². The number of carbonyl (C=O) groups is 3. The Hall–Kier alpha value is -3.36. The summed E-state index contributed by atoms with van der Waals surface area (Å²) in [5, 5.41) is 10.6. The smallest absolute Gasteiger partial charge is 0.247 e. The summed E-state index contributed by atoms with van der Waals surface area (Å²) in [6.07, 6.45) is 5.60. The highest BCUT2D eigenvalue weighted by atomic mass is 32.2. The quantitative estimate of drug-likeness (QED) is 0.330. The standard InChI is InChI=1S/C35H43N3O4S/c1-5-20-36(22-25-14-10-8-11-15-25)34(42)31-35-19-18-28(43-35)29(30(35)33(41)38(31)27(23-39)24(4)7-3)32(40)37(21-6-2)26-16-12-9-13-17-26/h5-6,8-17,24,27-31,39H,1-2,7,18-23H2,3-4H3/t24-,27-,28-,29+,30-,31?,35?/m0/s1.